The molecule has 3 rings (SSSR count). The van der Waals surface area contributed by atoms with Crippen LogP contribution in [0.1, 0.15) is 35.7 Å². The Balaban J connectivity index is 1.46. The van der Waals surface area contributed by atoms with Gasteiger partial charge in [0.2, 0.25) is 5.91 Å². The third-order valence-corrected chi connectivity index (χ3v) is 5.60. The van der Waals surface area contributed by atoms with Gasteiger partial charge in [0.15, 0.2) is 6.61 Å². The minimum absolute atomic E-state index is 0.0267. The molecule has 2 aromatic carbocycles. The lowest BCUT2D eigenvalue weighted by atomic mass is 10.1. The first-order chi connectivity index (χ1) is 14.0. The highest BCUT2D eigenvalue weighted by Gasteiger charge is 2.17. The van der Waals surface area contributed by atoms with Gasteiger partial charge in [-0.3, -0.25) is 9.59 Å². The van der Waals surface area contributed by atoms with E-state index in [1.165, 1.54) is 5.56 Å². The number of carbonyl (C=O) groups excluding carboxylic acids is 3. The van der Waals surface area contributed by atoms with E-state index in [1.54, 1.807) is 30.0 Å². The van der Waals surface area contributed by atoms with Gasteiger partial charge in [-0.1, -0.05) is 30.3 Å². The van der Waals surface area contributed by atoms with E-state index in [2.05, 4.69) is 22.8 Å². The van der Waals surface area contributed by atoms with Crippen molar-refractivity contribution in [1.29, 1.82) is 0 Å². The molecule has 0 saturated heterocycles. The number of benzene rings is 2. The van der Waals surface area contributed by atoms with Gasteiger partial charge in [0.1, 0.15) is 0 Å². The van der Waals surface area contributed by atoms with E-state index in [0.717, 1.165) is 17.7 Å². The molecule has 7 heteroatoms. The molecule has 0 aromatic heterocycles. The normalized spacial score (nSPS) is 14.2. The summed E-state index contributed by atoms with van der Waals surface area (Å²) in [6, 6.07) is 15.1. The predicted octanol–water partition coefficient (Wildman–Crippen LogP) is 3.42. The summed E-state index contributed by atoms with van der Waals surface area (Å²) < 4.78 is 5.13. The van der Waals surface area contributed by atoms with Gasteiger partial charge in [0.05, 0.1) is 11.3 Å². The van der Waals surface area contributed by atoms with Crippen LogP contribution < -0.4 is 10.6 Å². The van der Waals surface area contributed by atoms with E-state index in [-0.39, 0.29) is 24.5 Å². The maximum atomic E-state index is 12.3. The van der Waals surface area contributed by atoms with Crippen molar-refractivity contribution in [1.82, 2.24) is 5.32 Å². The van der Waals surface area contributed by atoms with Crippen molar-refractivity contribution in [3.05, 3.63) is 59.7 Å². The van der Waals surface area contributed by atoms with E-state index in [0.29, 0.717) is 23.4 Å². The van der Waals surface area contributed by atoms with Crippen LogP contribution in [0.3, 0.4) is 0 Å². The number of thioether (sulfide) groups is 1. The fourth-order valence-electron chi connectivity index (χ4n) is 2.98. The molecule has 152 valence electrons. The number of hydrogen-bond acceptors (Lipinski definition) is 5. The Labute approximate surface area is 174 Å². The molecule has 2 aromatic rings. The van der Waals surface area contributed by atoms with Crippen molar-refractivity contribution < 1.29 is 19.1 Å². The molecule has 6 nitrogen and oxygen atoms in total. The van der Waals surface area contributed by atoms with Gasteiger partial charge >= 0.3 is 5.97 Å². The molecule has 0 saturated carbocycles. The van der Waals surface area contributed by atoms with Gasteiger partial charge in [-0.2, -0.15) is 0 Å². The number of esters is 1. The van der Waals surface area contributed by atoms with Gasteiger partial charge in [-0.05, 0) is 43.5 Å². The largest absolute Gasteiger partial charge is 0.452 e. The first-order valence-electron chi connectivity index (χ1n) is 9.58. The average Bonchev–Trinajstić information content (AvgIpc) is 2.91. The van der Waals surface area contributed by atoms with Gasteiger partial charge < -0.3 is 15.4 Å². The summed E-state index contributed by atoms with van der Waals surface area (Å²) in [4.78, 5) is 37.0. The summed E-state index contributed by atoms with van der Waals surface area (Å²) in [5.41, 5.74) is 2.12. The van der Waals surface area contributed by atoms with E-state index in [1.807, 2.05) is 25.1 Å². The molecule has 1 heterocycles. The lowest BCUT2D eigenvalue weighted by molar-refractivity contribution is -0.124. The average molecular weight is 413 g/mol. The number of carbonyl (C=O) groups is 3. The lowest BCUT2D eigenvalue weighted by Crippen LogP contribution is -2.36. The van der Waals surface area contributed by atoms with Crippen molar-refractivity contribution >= 4 is 35.2 Å². The number of aryl methyl sites for hydroxylation is 1. The van der Waals surface area contributed by atoms with Crippen LogP contribution in [0.4, 0.5) is 5.69 Å². The summed E-state index contributed by atoms with van der Waals surface area (Å²) in [6.45, 7) is 1.59. The van der Waals surface area contributed by atoms with Gasteiger partial charge in [0, 0.05) is 23.1 Å². The van der Waals surface area contributed by atoms with Crippen LogP contribution in [0.15, 0.2) is 53.4 Å². The SMILES string of the molecule is C[C@H](CCc1ccccc1)NC(=O)COC(=O)c1ccc2c(c1)NC(=O)CCS2. The molecule has 0 fully saturated rings. The van der Waals surface area contributed by atoms with Crippen molar-refractivity contribution in [3.63, 3.8) is 0 Å². The molecule has 0 aliphatic carbocycles. The van der Waals surface area contributed by atoms with Crippen molar-refractivity contribution in [2.24, 2.45) is 0 Å². The summed E-state index contributed by atoms with van der Waals surface area (Å²) in [7, 11) is 0. The Morgan fingerprint density at radius 2 is 2.00 bits per heavy atom. The molecule has 0 spiro atoms. The van der Waals surface area contributed by atoms with E-state index in [4.69, 9.17) is 4.74 Å². The van der Waals surface area contributed by atoms with Crippen LogP contribution in [0.5, 0.6) is 0 Å². The highest BCUT2D eigenvalue weighted by atomic mass is 32.2. The lowest BCUT2D eigenvalue weighted by Gasteiger charge is -2.14. The molecule has 1 atom stereocenters. The maximum Gasteiger partial charge on any atom is 0.338 e. The monoisotopic (exact) mass is 412 g/mol. The Hall–Kier alpha value is -2.80. The summed E-state index contributed by atoms with van der Waals surface area (Å²) in [5, 5.41) is 5.63. The number of ether oxygens (including phenoxy) is 1. The number of rotatable bonds is 7. The summed E-state index contributed by atoms with van der Waals surface area (Å²) >= 11 is 1.56. The Morgan fingerprint density at radius 1 is 1.21 bits per heavy atom. The topological polar surface area (TPSA) is 84.5 Å². The Morgan fingerprint density at radius 3 is 2.79 bits per heavy atom. The molecule has 2 amide bonds. The first kappa shape index (κ1) is 20.9. The fraction of sp³-hybridized carbons (Fsp3) is 0.318. The first-order valence-corrected chi connectivity index (χ1v) is 10.6. The predicted molar refractivity (Wildman–Crippen MR) is 113 cm³/mol. The van der Waals surface area contributed by atoms with Crippen LogP contribution in [0, 0.1) is 0 Å². The van der Waals surface area contributed by atoms with Gasteiger partial charge in [-0.25, -0.2) is 4.79 Å². The van der Waals surface area contributed by atoms with E-state index >= 15 is 0 Å². The van der Waals surface area contributed by atoms with Crippen molar-refractivity contribution in [2.75, 3.05) is 17.7 Å². The minimum Gasteiger partial charge on any atom is -0.452 e. The molecule has 2 N–H and O–H groups in total. The zero-order valence-corrected chi connectivity index (χ0v) is 17.1. The highest BCUT2D eigenvalue weighted by molar-refractivity contribution is 7.99. The number of fused-ring (bicyclic) bond motifs is 1. The number of amides is 2. The summed E-state index contributed by atoms with van der Waals surface area (Å²) in [5.74, 6) is -0.308. The second-order valence-electron chi connectivity index (χ2n) is 6.93. The third-order valence-electron chi connectivity index (χ3n) is 4.53. The maximum absolute atomic E-state index is 12.3. The number of nitrogens with one attached hydrogen (secondary N) is 2. The molecule has 0 radical (unpaired) electrons. The minimum atomic E-state index is -0.594. The van der Waals surface area contributed by atoms with Crippen LogP contribution in [-0.4, -0.2) is 36.2 Å². The smallest absolute Gasteiger partial charge is 0.338 e. The van der Waals surface area contributed by atoms with Crippen LogP contribution in [0.25, 0.3) is 0 Å². The number of anilines is 1. The van der Waals surface area contributed by atoms with Crippen molar-refractivity contribution in [3.8, 4) is 0 Å². The van der Waals surface area contributed by atoms with E-state index < -0.39 is 5.97 Å². The molecule has 0 bridgehead atoms. The standard InChI is InChI=1S/C22H24N2O4S/c1-15(7-8-16-5-3-2-4-6-16)23-21(26)14-28-22(27)17-9-10-19-18(13-17)24-20(25)11-12-29-19/h2-6,9-10,13,15H,7-8,11-12,14H2,1H3,(H,23,26)(H,24,25)/t15-/m1/s1. The zero-order valence-electron chi connectivity index (χ0n) is 16.3. The Kier molecular flexibility index (Phi) is 7.30. The number of hydrogen-bond donors (Lipinski definition) is 2. The molecule has 0 unspecified atom stereocenters. The Bertz CT molecular complexity index is 886. The van der Waals surface area contributed by atoms with Gasteiger partial charge in [-0.15, -0.1) is 11.8 Å². The van der Waals surface area contributed by atoms with Crippen LogP contribution >= 0.6 is 11.8 Å². The second-order valence-corrected chi connectivity index (χ2v) is 8.06. The zero-order chi connectivity index (χ0) is 20.6. The van der Waals surface area contributed by atoms with Gasteiger partial charge in [0.25, 0.3) is 5.91 Å². The molecule has 1 aliphatic heterocycles. The summed E-state index contributed by atoms with van der Waals surface area (Å²) in [6.07, 6.45) is 2.09. The second kappa shape index (κ2) is 10.1. The third kappa shape index (κ3) is 6.35. The quantitative estimate of drug-likeness (QED) is 0.681. The van der Waals surface area contributed by atoms with Crippen molar-refractivity contribution in [2.45, 2.75) is 37.1 Å². The van der Waals surface area contributed by atoms with Crippen LogP contribution in [0.2, 0.25) is 0 Å². The van der Waals surface area contributed by atoms with E-state index in [9.17, 15) is 14.4 Å². The molecule has 29 heavy (non-hydrogen) atoms. The molecule has 1 aliphatic rings. The van der Waals surface area contributed by atoms with Crippen LogP contribution in [-0.2, 0) is 20.7 Å². The molecular formula is C22H24N2O4S. The fourth-order valence-corrected chi connectivity index (χ4v) is 3.91. The molecular weight excluding hydrogens is 388 g/mol. The highest BCUT2D eigenvalue weighted by Crippen LogP contribution is 2.31.